The number of methoxy groups -OCH3 is 1. The first-order valence-corrected chi connectivity index (χ1v) is 5.22. The summed E-state index contributed by atoms with van der Waals surface area (Å²) in [4.78, 5) is 0.523. The zero-order chi connectivity index (χ0) is 8.97. The molecule has 0 aromatic heterocycles. The van der Waals surface area contributed by atoms with Crippen molar-refractivity contribution in [1.29, 1.82) is 0 Å². The smallest absolute Gasteiger partial charge is 0.0981 e. The lowest BCUT2D eigenvalue weighted by Crippen LogP contribution is -2.03. The molecule has 2 heteroatoms. The van der Waals surface area contributed by atoms with Gasteiger partial charge >= 0.3 is 0 Å². The summed E-state index contributed by atoms with van der Waals surface area (Å²) in [6, 6.07) is 0. The summed E-state index contributed by atoms with van der Waals surface area (Å²) in [5.74, 6) is 1.50. The molecule has 0 bridgehead atoms. The number of rotatable bonds is 1. The van der Waals surface area contributed by atoms with Crippen LogP contribution in [0.15, 0.2) is 24.0 Å². The lowest BCUT2D eigenvalue weighted by molar-refractivity contribution is 0.259. The largest absolute Gasteiger partial charge is 0.501 e. The van der Waals surface area contributed by atoms with Crippen LogP contribution in [0.4, 0.5) is 0 Å². The molecule has 68 valence electrons. The van der Waals surface area contributed by atoms with Crippen LogP contribution >= 0.6 is 15.9 Å². The SMILES string of the molecule is CO/C1=C/CCC(Br)/C=C\C1C. The average Bonchev–Trinajstić information content (AvgIpc) is 2.06. The number of hydrogen-bond donors (Lipinski definition) is 0. The van der Waals surface area contributed by atoms with E-state index < -0.39 is 0 Å². The molecule has 0 fully saturated rings. The Morgan fingerprint density at radius 2 is 2.25 bits per heavy atom. The van der Waals surface area contributed by atoms with Gasteiger partial charge in [0.15, 0.2) is 0 Å². The van der Waals surface area contributed by atoms with Crippen molar-refractivity contribution in [1.82, 2.24) is 0 Å². The molecule has 1 rings (SSSR count). The number of halogens is 1. The Morgan fingerprint density at radius 3 is 2.92 bits per heavy atom. The van der Waals surface area contributed by atoms with Crippen molar-refractivity contribution >= 4 is 15.9 Å². The van der Waals surface area contributed by atoms with Gasteiger partial charge in [-0.2, -0.15) is 0 Å². The van der Waals surface area contributed by atoms with Crippen LogP contribution in [0.5, 0.6) is 0 Å². The predicted molar refractivity (Wildman–Crippen MR) is 55.3 cm³/mol. The highest BCUT2D eigenvalue weighted by atomic mass is 79.9. The van der Waals surface area contributed by atoms with Crippen LogP contribution < -0.4 is 0 Å². The van der Waals surface area contributed by atoms with Crippen molar-refractivity contribution in [3.05, 3.63) is 24.0 Å². The second-order valence-corrected chi connectivity index (χ2v) is 4.25. The minimum absolute atomic E-state index is 0.412. The van der Waals surface area contributed by atoms with E-state index in [4.69, 9.17) is 4.74 Å². The summed E-state index contributed by atoms with van der Waals surface area (Å²) >= 11 is 3.59. The number of allylic oxidation sites excluding steroid dienone is 3. The second kappa shape index (κ2) is 4.70. The summed E-state index contributed by atoms with van der Waals surface area (Å²) in [5, 5.41) is 0. The number of hydrogen-bond acceptors (Lipinski definition) is 1. The molecule has 0 aliphatic heterocycles. The van der Waals surface area contributed by atoms with Crippen molar-refractivity contribution in [2.24, 2.45) is 5.92 Å². The molecule has 2 atom stereocenters. The first-order valence-electron chi connectivity index (χ1n) is 4.30. The molecule has 2 unspecified atom stereocenters. The monoisotopic (exact) mass is 230 g/mol. The molecule has 0 saturated carbocycles. The van der Waals surface area contributed by atoms with Crippen LogP contribution in [0, 0.1) is 5.92 Å². The van der Waals surface area contributed by atoms with E-state index in [0.717, 1.165) is 18.6 Å². The third-order valence-electron chi connectivity index (χ3n) is 2.08. The van der Waals surface area contributed by atoms with Gasteiger partial charge in [-0.05, 0) is 18.9 Å². The van der Waals surface area contributed by atoms with Crippen molar-refractivity contribution in [3.63, 3.8) is 0 Å². The Balaban J connectivity index is 2.67. The zero-order valence-electron chi connectivity index (χ0n) is 7.59. The maximum Gasteiger partial charge on any atom is 0.0981 e. The molecular weight excluding hydrogens is 216 g/mol. The molecule has 0 N–H and O–H groups in total. The molecule has 0 radical (unpaired) electrons. The quantitative estimate of drug-likeness (QED) is 0.497. The van der Waals surface area contributed by atoms with Gasteiger partial charge in [0, 0.05) is 10.7 Å². The molecule has 1 nitrogen and oxygen atoms in total. The fourth-order valence-corrected chi connectivity index (χ4v) is 1.76. The molecule has 0 amide bonds. The van der Waals surface area contributed by atoms with Gasteiger partial charge in [-0.3, -0.25) is 0 Å². The van der Waals surface area contributed by atoms with Crippen LogP contribution in [-0.4, -0.2) is 11.9 Å². The fourth-order valence-electron chi connectivity index (χ4n) is 1.32. The Hall–Kier alpha value is -0.240. The molecule has 12 heavy (non-hydrogen) atoms. The number of ether oxygens (including phenoxy) is 1. The van der Waals surface area contributed by atoms with Gasteiger partial charge in [0.25, 0.3) is 0 Å². The normalized spacial score (nSPS) is 37.4. The lowest BCUT2D eigenvalue weighted by atomic mass is 10.0. The second-order valence-electron chi connectivity index (χ2n) is 3.08. The van der Waals surface area contributed by atoms with Crippen LogP contribution in [0.1, 0.15) is 19.8 Å². The molecule has 0 aromatic rings. The van der Waals surface area contributed by atoms with Crippen LogP contribution in [-0.2, 0) is 4.74 Å². The van der Waals surface area contributed by atoms with Gasteiger partial charge in [0.2, 0.25) is 0 Å². The Kier molecular flexibility index (Phi) is 3.86. The molecule has 0 saturated heterocycles. The topological polar surface area (TPSA) is 9.23 Å². The van der Waals surface area contributed by atoms with E-state index >= 15 is 0 Å². The Morgan fingerprint density at radius 1 is 1.50 bits per heavy atom. The molecular formula is C10H15BrO. The van der Waals surface area contributed by atoms with Gasteiger partial charge in [0.1, 0.15) is 0 Å². The van der Waals surface area contributed by atoms with Gasteiger partial charge in [0.05, 0.1) is 12.9 Å². The van der Waals surface area contributed by atoms with Crippen molar-refractivity contribution in [2.75, 3.05) is 7.11 Å². The summed E-state index contributed by atoms with van der Waals surface area (Å²) in [7, 11) is 1.74. The van der Waals surface area contributed by atoms with E-state index in [1.807, 2.05) is 0 Å². The Bertz CT molecular complexity index is 196. The minimum Gasteiger partial charge on any atom is -0.501 e. The highest BCUT2D eigenvalue weighted by molar-refractivity contribution is 9.09. The average molecular weight is 231 g/mol. The number of alkyl halides is 1. The van der Waals surface area contributed by atoms with Crippen molar-refractivity contribution in [3.8, 4) is 0 Å². The van der Waals surface area contributed by atoms with Crippen LogP contribution in [0.25, 0.3) is 0 Å². The summed E-state index contributed by atoms with van der Waals surface area (Å²) in [6.07, 6.45) is 8.82. The highest BCUT2D eigenvalue weighted by Gasteiger charge is 2.09. The fraction of sp³-hybridized carbons (Fsp3) is 0.600. The summed E-state index contributed by atoms with van der Waals surface area (Å²) < 4.78 is 5.27. The third-order valence-corrected chi connectivity index (χ3v) is 2.84. The van der Waals surface area contributed by atoms with E-state index in [2.05, 4.69) is 41.1 Å². The van der Waals surface area contributed by atoms with E-state index in [1.54, 1.807) is 7.11 Å². The van der Waals surface area contributed by atoms with Crippen LogP contribution in [0.3, 0.4) is 0 Å². The van der Waals surface area contributed by atoms with Gasteiger partial charge in [-0.15, -0.1) is 0 Å². The molecule has 1 aliphatic carbocycles. The lowest BCUT2D eigenvalue weighted by Gasteiger charge is -2.14. The maximum absolute atomic E-state index is 5.27. The van der Waals surface area contributed by atoms with Gasteiger partial charge in [-0.1, -0.05) is 35.0 Å². The zero-order valence-corrected chi connectivity index (χ0v) is 9.17. The Labute approximate surface area is 82.6 Å². The molecule has 0 aromatic carbocycles. The van der Waals surface area contributed by atoms with Gasteiger partial charge < -0.3 is 4.74 Å². The standard InChI is InChI=1S/C10H15BrO/c1-8-6-7-9(11)4-3-5-10(8)12-2/h5-9H,3-4H2,1-2H3/b7-6-,10-5+. The van der Waals surface area contributed by atoms with E-state index in [-0.39, 0.29) is 0 Å². The van der Waals surface area contributed by atoms with Crippen molar-refractivity contribution in [2.45, 2.75) is 24.6 Å². The highest BCUT2D eigenvalue weighted by Crippen LogP contribution is 2.21. The first kappa shape index (κ1) is 9.85. The first-order chi connectivity index (χ1) is 5.74. The van der Waals surface area contributed by atoms with Gasteiger partial charge in [-0.25, -0.2) is 0 Å². The van der Waals surface area contributed by atoms with E-state index in [1.165, 1.54) is 0 Å². The van der Waals surface area contributed by atoms with Crippen LogP contribution in [0.2, 0.25) is 0 Å². The summed E-state index contributed by atoms with van der Waals surface area (Å²) in [5.41, 5.74) is 0. The van der Waals surface area contributed by atoms with E-state index in [9.17, 15) is 0 Å². The third kappa shape index (κ3) is 2.67. The maximum atomic E-state index is 5.27. The van der Waals surface area contributed by atoms with E-state index in [0.29, 0.717) is 10.7 Å². The molecule has 0 heterocycles. The predicted octanol–water partition coefficient (Wildman–Crippen LogP) is 3.27. The summed E-state index contributed by atoms with van der Waals surface area (Å²) in [6.45, 7) is 2.15. The minimum atomic E-state index is 0.412. The molecule has 1 aliphatic rings. The van der Waals surface area contributed by atoms with Crippen molar-refractivity contribution < 1.29 is 4.74 Å². The molecule has 0 spiro atoms.